The number of carbonyl (C=O) groups is 3. The molecule has 248 valence electrons. The van der Waals surface area contributed by atoms with Crippen LogP contribution >= 0.6 is 0 Å². The lowest BCUT2D eigenvalue weighted by molar-refractivity contribution is -0.142. The number of fused-ring (bicyclic) bond motifs is 2. The Bertz CT molecular complexity index is 1890. The third-order valence-corrected chi connectivity index (χ3v) is 9.69. The maximum Gasteiger partial charge on any atom is 0.338 e. The highest BCUT2D eigenvalue weighted by Gasteiger charge is 2.42. The molecular formula is C39H40N2O7. The van der Waals surface area contributed by atoms with Gasteiger partial charge in [-0.2, -0.15) is 0 Å². The standard InChI is InChI=1S/C39H40N2O7/c1-23-8-12-27(13-9-23)38(43)46-22-35-34(48-39(44)28-14-10-24(2)11-15-28)18-36(47-35)41-20-29-17-33-31(30-6-5-7-32(41)37(29)30)16-26(19-40(33)4)21-45-25(3)42/h5-16,20,26,33-36H,17-19,21-22H2,1-4H3/t26-,33-,34+,35-,36-/m1/s1. The zero-order valence-corrected chi connectivity index (χ0v) is 27.7. The molecule has 2 aliphatic heterocycles. The molecule has 0 saturated carbocycles. The van der Waals surface area contributed by atoms with E-state index in [4.69, 9.17) is 18.9 Å². The molecule has 3 aromatic carbocycles. The lowest BCUT2D eigenvalue weighted by Gasteiger charge is -2.39. The van der Waals surface area contributed by atoms with Gasteiger partial charge in [-0.15, -0.1) is 0 Å². The second-order valence-corrected chi connectivity index (χ2v) is 13.2. The zero-order valence-electron chi connectivity index (χ0n) is 27.7. The fraction of sp³-hybridized carbons (Fsp3) is 0.359. The topological polar surface area (TPSA) is 96.3 Å². The fourth-order valence-corrected chi connectivity index (χ4v) is 7.22. The lowest BCUT2D eigenvalue weighted by Crippen LogP contribution is -2.43. The number of benzene rings is 3. The van der Waals surface area contributed by atoms with E-state index in [0.29, 0.717) is 24.2 Å². The van der Waals surface area contributed by atoms with Crippen molar-refractivity contribution in [1.82, 2.24) is 9.47 Å². The molecule has 0 N–H and O–H groups in total. The normalized spacial score (nSPS) is 23.3. The molecule has 3 heterocycles. The Morgan fingerprint density at radius 2 is 1.56 bits per heavy atom. The molecule has 7 rings (SSSR count). The second-order valence-electron chi connectivity index (χ2n) is 13.2. The van der Waals surface area contributed by atoms with Gasteiger partial charge in [0.15, 0.2) is 0 Å². The number of esters is 3. The van der Waals surface area contributed by atoms with Gasteiger partial charge in [0.2, 0.25) is 0 Å². The molecule has 0 amide bonds. The van der Waals surface area contributed by atoms with Crippen molar-refractivity contribution in [2.75, 3.05) is 26.8 Å². The second kappa shape index (κ2) is 13.1. The summed E-state index contributed by atoms with van der Waals surface area (Å²) >= 11 is 0. The van der Waals surface area contributed by atoms with E-state index in [9.17, 15) is 14.4 Å². The lowest BCUT2D eigenvalue weighted by atomic mass is 9.80. The van der Waals surface area contributed by atoms with E-state index in [1.165, 1.54) is 29.0 Å². The molecular weight excluding hydrogens is 608 g/mol. The van der Waals surface area contributed by atoms with Gasteiger partial charge in [0.1, 0.15) is 25.0 Å². The van der Waals surface area contributed by atoms with Crippen LogP contribution in [0.3, 0.4) is 0 Å². The van der Waals surface area contributed by atoms with Gasteiger partial charge >= 0.3 is 17.9 Å². The summed E-state index contributed by atoms with van der Waals surface area (Å²) in [5.74, 6) is -1.07. The Kier molecular flexibility index (Phi) is 8.66. The number of nitrogens with zero attached hydrogens (tertiary/aromatic N) is 2. The van der Waals surface area contributed by atoms with E-state index in [1.54, 1.807) is 24.3 Å². The number of likely N-dealkylation sites (N-methyl/N-ethyl adjacent to an activating group) is 1. The number of ether oxygens (including phenoxy) is 4. The number of hydrogen-bond donors (Lipinski definition) is 0. The molecule has 0 spiro atoms. The Hall–Kier alpha value is -4.73. The van der Waals surface area contributed by atoms with Crippen LogP contribution in [0.1, 0.15) is 62.5 Å². The molecule has 48 heavy (non-hydrogen) atoms. The van der Waals surface area contributed by atoms with Crippen molar-refractivity contribution in [1.29, 1.82) is 0 Å². The minimum Gasteiger partial charge on any atom is -0.465 e. The van der Waals surface area contributed by atoms with E-state index < -0.39 is 30.4 Å². The van der Waals surface area contributed by atoms with Gasteiger partial charge < -0.3 is 23.5 Å². The van der Waals surface area contributed by atoms with Crippen LogP contribution in [0.15, 0.2) is 79.0 Å². The Morgan fingerprint density at radius 1 is 0.875 bits per heavy atom. The van der Waals surface area contributed by atoms with Crippen molar-refractivity contribution >= 4 is 34.4 Å². The molecule has 1 fully saturated rings. The minimum atomic E-state index is -0.661. The first-order chi connectivity index (χ1) is 23.1. The summed E-state index contributed by atoms with van der Waals surface area (Å²) < 4.78 is 25.9. The Balaban J connectivity index is 1.17. The summed E-state index contributed by atoms with van der Waals surface area (Å²) in [6.07, 6.45) is 3.92. The Labute approximate surface area is 280 Å². The average molecular weight is 649 g/mol. The van der Waals surface area contributed by atoms with Crippen LogP contribution in [0.2, 0.25) is 0 Å². The highest BCUT2D eigenvalue weighted by atomic mass is 16.6. The van der Waals surface area contributed by atoms with Crippen LogP contribution in [0.5, 0.6) is 0 Å². The van der Waals surface area contributed by atoms with Crippen LogP contribution in [0.4, 0.5) is 0 Å². The van der Waals surface area contributed by atoms with Gasteiger partial charge in [-0.1, -0.05) is 53.6 Å². The van der Waals surface area contributed by atoms with Crippen LogP contribution in [0.25, 0.3) is 16.5 Å². The maximum absolute atomic E-state index is 13.3. The highest BCUT2D eigenvalue weighted by Crippen LogP contribution is 2.44. The predicted molar refractivity (Wildman–Crippen MR) is 181 cm³/mol. The summed E-state index contributed by atoms with van der Waals surface area (Å²) in [5.41, 5.74) is 7.66. The fourth-order valence-electron chi connectivity index (χ4n) is 7.22. The van der Waals surface area contributed by atoms with E-state index in [1.807, 2.05) is 38.1 Å². The van der Waals surface area contributed by atoms with E-state index >= 15 is 0 Å². The average Bonchev–Trinajstić information content (AvgIpc) is 3.65. The maximum atomic E-state index is 13.3. The van der Waals surface area contributed by atoms with Crippen LogP contribution in [0, 0.1) is 19.8 Å². The minimum absolute atomic E-state index is 0.0597. The SMILES string of the molecule is CC(=O)OC[C@@H]1C=C2c3cccc4c3c(cn4[C@H]3C[C@H](OC(=O)c4ccc(C)cc4)[C@@H](COC(=O)c4ccc(C)cc4)O3)C[C@H]2N(C)C1. The molecule has 0 unspecified atom stereocenters. The van der Waals surface area contributed by atoms with Crippen LogP contribution in [-0.4, -0.2) is 72.4 Å². The summed E-state index contributed by atoms with van der Waals surface area (Å²) in [7, 11) is 2.12. The van der Waals surface area contributed by atoms with Crippen molar-refractivity contribution in [3.8, 4) is 0 Å². The summed E-state index contributed by atoms with van der Waals surface area (Å²) in [6, 6.07) is 21.0. The monoisotopic (exact) mass is 648 g/mol. The molecule has 9 nitrogen and oxygen atoms in total. The smallest absolute Gasteiger partial charge is 0.338 e. The third kappa shape index (κ3) is 6.28. The molecule has 4 aromatic rings. The quantitative estimate of drug-likeness (QED) is 0.168. The van der Waals surface area contributed by atoms with Crippen molar-refractivity contribution in [2.24, 2.45) is 5.92 Å². The Morgan fingerprint density at radius 3 is 2.25 bits per heavy atom. The third-order valence-electron chi connectivity index (χ3n) is 9.69. The molecule has 5 atom stereocenters. The zero-order chi connectivity index (χ0) is 33.5. The first-order valence-electron chi connectivity index (χ1n) is 16.5. The number of aromatic nitrogens is 1. The van der Waals surface area contributed by atoms with Crippen molar-refractivity contribution in [3.63, 3.8) is 0 Å². The van der Waals surface area contributed by atoms with E-state index in [-0.39, 0.29) is 24.5 Å². The van der Waals surface area contributed by atoms with Gasteiger partial charge in [0, 0.05) is 43.4 Å². The first kappa shape index (κ1) is 31.8. The summed E-state index contributed by atoms with van der Waals surface area (Å²) in [6.45, 7) is 6.46. The van der Waals surface area contributed by atoms with E-state index in [2.05, 4.69) is 47.0 Å². The number of rotatable bonds is 8. The number of aryl methyl sites for hydroxylation is 2. The number of hydrogen-bond acceptors (Lipinski definition) is 8. The molecule has 1 aromatic heterocycles. The molecule has 1 saturated heterocycles. The summed E-state index contributed by atoms with van der Waals surface area (Å²) in [5, 5.41) is 1.17. The van der Waals surface area contributed by atoms with Crippen LogP contribution in [-0.2, 0) is 30.2 Å². The van der Waals surface area contributed by atoms with Gasteiger partial charge in [0.25, 0.3) is 0 Å². The van der Waals surface area contributed by atoms with Crippen molar-refractivity contribution < 1.29 is 33.3 Å². The molecule has 3 aliphatic rings. The number of carbonyl (C=O) groups excluding carboxylic acids is 3. The van der Waals surface area contributed by atoms with E-state index in [0.717, 1.165) is 29.6 Å². The van der Waals surface area contributed by atoms with Gasteiger partial charge in [-0.25, -0.2) is 9.59 Å². The van der Waals surface area contributed by atoms with Gasteiger partial charge in [-0.05, 0) is 74.3 Å². The van der Waals surface area contributed by atoms with Crippen molar-refractivity contribution in [2.45, 2.75) is 58.1 Å². The van der Waals surface area contributed by atoms with Crippen molar-refractivity contribution in [3.05, 3.63) is 112 Å². The summed E-state index contributed by atoms with van der Waals surface area (Å²) in [4.78, 5) is 40.0. The first-order valence-corrected chi connectivity index (χ1v) is 16.5. The molecule has 0 radical (unpaired) electrons. The molecule has 0 bridgehead atoms. The molecule has 9 heteroatoms. The predicted octanol–water partition coefficient (Wildman–Crippen LogP) is 6.06. The van der Waals surface area contributed by atoms with Gasteiger partial charge in [-0.3, -0.25) is 9.69 Å². The van der Waals surface area contributed by atoms with Crippen LogP contribution < -0.4 is 0 Å². The largest absolute Gasteiger partial charge is 0.465 e. The molecule has 1 aliphatic carbocycles. The highest BCUT2D eigenvalue weighted by molar-refractivity contribution is 5.99. The van der Waals surface area contributed by atoms with Gasteiger partial charge in [0.05, 0.1) is 23.3 Å².